The predicted molar refractivity (Wildman–Crippen MR) is 87.1 cm³/mol. The Morgan fingerprint density at radius 2 is 2.00 bits per heavy atom. The van der Waals surface area contributed by atoms with Gasteiger partial charge in [0.15, 0.2) is 9.84 Å². The predicted octanol–water partition coefficient (Wildman–Crippen LogP) is 2.27. The van der Waals surface area contributed by atoms with E-state index in [1.54, 1.807) is 25.1 Å². The number of sulfone groups is 1. The second kappa shape index (κ2) is 6.11. The molecule has 0 radical (unpaired) electrons. The number of nitrogens with zero attached hydrogens (tertiary/aromatic N) is 2. The molecule has 2 N–H and O–H groups in total. The van der Waals surface area contributed by atoms with Crippen molar-refractivity contribution in [2.45, 2.75) is 19.4 Å². The number of nitrogens with one attached hydrogen (secondary N) is 2. The topological polar surface area (TPSA) is 84.0 Å². The molecule has 0 spiro atoms. The van der Waals surface area contributed by atoms with Gasteiger partial charge in [0.25, 0.3) is 0 Å². The van der Waals surface area contributed by atoms with Crippen LogP contribution in [-0.4, -0.2) is 35.9 Å². The Morgan fingerprint density at radius 1 is 1.22 bits per heavy atom. The van der Waals surface area contributed by atoms with Gasteiger partial charge in [-0.25, -0.2) is 22.8 Å². The average Bonchev–Trinajstić information content (AvgIpc) is 2.77. The van der Waals surface area contributed by atoms with E-state index in [2.05, 4.69) is 20.6 Å². The van der Waals surface area contributed by atoms with Crippen LogP contribution in [0.4, 0.5) is 21.7 Å². The van der Waals surface area contributed by atoms with Gasteiger partial charge in [-0.05, 0) is 31.5 Å². The minimum atomic E-state index is -2.95. The van der Waals surface area contributed by atoms with Gasteiger partial charge >= 0.3 is 0 Å². The van der Waals surface area contributed by atoms with Gasteiger partial charge < -0.3 is 10.6 Å². The first-order valence-corrected chi connectivity index (χ1v) is 9.07. The molecule has 3 rings (SSSR count). The highest BCUT2D eigenvalue weighted by Gasteiger charge is 2.28. The smallest absolute Gasteiger partial charge is 0.152 e. The largest absolute Gasteiger partial charge is 0.366 e. The van der Waals surface area contributed by atoms with Gasteiger partial charge in [-0.15, -0.1) is 0 Å². The van der Waals surface area contributed by atoms with Crippen LogP contribution in [0, 0.1) is 12.7 Å². The molecule has 1 atom stereocenters. The Labute approximate surface area is 134 Å². The van der Waals surface area contributed by atoms with Crippen molar-refractivity contribution < 1.29 is 12.8 Å². The van der Waals surface area contributed by atoms with Gasteiger partial charge in [-0.1, -0.05) is 6.07 Å². The number of halogens is 1. The van der Waals surface area contributed by atoms with Crippen LogP contribution in [-0.2, 0) is 9.84 Å². The van der Waals surface area contributed by atoms with E-state index in [4.69, 9.17) is 0 Å². The molecule has 1 aliphatic rings. The minimum Gasteiger partial charge on any atom is -0.366 e. The summed E-state index contributed by atoms with van der Waals surface area (Å²) in [6, 6.07) is 7.61. The van der Waals surface area contributed by atoms with Crippen molar-refractivity contribution in [2.75, 3.05) is 22.1 Å². The molecule has 0 bridgehead atoms. The van der Waals surface area contributed by atoms with Crippen LogP contribution in [0.5, 0.6) is 0 Å². The summed E-state index contributed by atoms with van der Waals surface area (Å²) in [6.07, 6.45) is 0.568. The molecule has 0 aliphatic carbocycles. The van der Waals surface area contributed by atoms with Crippen LogP contribution >= 0.6 is 0 Å². The lowest BCUT2D eigenvalue weighted by atomic mass is 10.2. The molecule has 0 amide bonds. The third-order valence-corrected chi connectivity index (χ3v) is 5.29. The maximum absolute atomic E-state index is 13.2. The summed E-state index contributed by atoms with van der Waals surface area (Å²) in [6.45, 7) is 1.74. The zero-order valence-corrected chi connectivity index (χ0v) is 13.4. The Morgan fingerprint density at radius 3 is 2.70 bits per heavy atom. The van der Waals surface area contributed by atoms with E-state index >= 15 is 0 Å². The highest BCUT2D eigenvalue weighted by atomic mass is 32.2. The normalized spacial score (nSPS) is 19.5. The lowest BCUT2D eigenvalue weighted by molar-refractivity contribution is 0.602. The summed E-state index contributed by atoms with van der Waals surface area (Å²) in [5, 5.41) is 6.15. The van der Waals surface area contributed by atoms with Crippen LogP contribution in [0.1, 0.15) is 12.2 Å². The molecule has 1 aromatic carbocycles. The van der Waals surface area contributed by atoms with Gasteiger partial charge in [-0.3, -0.25) is 0 Å². The Bertz CT molecular complexity index is 826. The molecule has 1 unspecified atom stereocenters. The fourth-order valence-corrected chi connectivity index (χ4v) is 4.21. The Balaban J connectivity index is 1.76. The van der Waals surface area contributed by atoms with Gasteiger partial charge in [0, 0.05) is 17.8 Å². The number of aryl methyl sites for hydroxylation is 1. The molecule has 2 aromatic rings. The minimum absolute atomic E-state index is 0.114. The van der Waals surface area contributed by atoms with E-state index in [9.17, 15) is 12.8 Å². The molecule has 0 saturated carbocycles. The lowest BCUT2D eigenvalue weighted by Crippen LogP contribution is -2.21. The van der Waals surface area contributed by atoms with Crippen LogP contribution in [0.3, 0.4) is 0 Å². The van der Waals surface area contributed by atoms with Crippen molar-refractivity contribution in [3.63, 3.8) is 0 Å². The standard InChI is InChI=1S/C15H17FN4O2S/c1-10-17-14(19-12-4-2-3-11(16)7-12)8-15(18-10)20-13-5-6-23(21,22)9-13/h2-4,7-8,13H,5-6,9H2,1H3,(H2,17,18,19,20). The molecule has 122 valence electrons. The summed E-state index contributed by atoms with van der Waals surface area (Å²) in [4.78, 5) is 8.53. The Hall–Kier alpha value is -2.22. The first kappa shape index (κ1) is 15.7. The fraction of sp³-hybridized carbons (Fsp3) is 0.333. The molecule has 1 aliphatic heterocycles. The summed E-state index contributed by atoms with van der Waals surface area (Å²) in [7, 11) is -2.95. The van der Waals surface area contributed by atoms with Crippen LogP contribution in [0.15, 0.2) is 30.3 Å². The second-order valence-electron chi connectivity index (χ2n) is 5.57. The number of anilines is 3. The average molecular weight is 336 g/mol. The number of hydrogen-bond acceptors (Lipinski definition) is 6. The highest BCUT2D eigenvalue weighted by molar-refractivity contribution is 7.91. The quantitative estimate of drug-likeness (QED) is 0.891. The molecule has 2 heterocycles. The zero-order chi connectivity index (χ0) is 16.4. The van der Waals surface area contributed by atoms with E-state index in [0.717, 1.165) is 0 Å². The molecule has 8 heteroatoms. The van der Waals surface area contributed by atoms with Gasteiger partial charge in [0.05, 0.1) is 11.5 Å². The van der Waals surface area contributed by atoms with Crippen molar-refractivity contribution in [3.05, 3.63) is 42.0 Å². The second-order valence-corrected chi connectivity index (χ2v) is 7.79. The summed E-state index contributed by atoms with van der Waals surface area (Å²) < 4.78 is 36.3. The van der Waals surface area contributed by atoms with Gasteiger partial charge in [0.1, 0.15) is 23.3 Å². The maximum atomic E-state index is 13.2. The van der Waals surface area contributed by atoms with E-state index in [1.807, 2.05) is 0 Å². The first-order chi connectivity index (χ1) is 10.9. The van der Waals surface area contributed by atoms with E-state index in [-0.39, 0.29) is 23.4 Å². The molecular weight excluding hydrogens is 319 g/mol. The maximum Gasteiger partial charge on any atom is 0.152 e. The molecule has 1 fully saturated rings. The van der Waals surface area contributed by atoms with E-state index in [1.165, 1.54) is 12.1 Å². The summed E-state index contributed by atoms with van der Waals surface area (Å²) >= 11 is 0. The van der Waals surface area contributed by atoms with Crippen molar-refractivity contribution >= 4 is 27.2 Å². The van der Waals surface area contributed by atoms with Crippen molar-refractivity contribution in [2.24, 2.45) is 0 Å². The summed E-state index contributed by atoms with van der Waals surface area (Å²) in [5.41, 5.74) is 0.581. The van der Waals surface area contributed by atoms with Gasteiger partial charge in [0.2, 0.25) is 0 Å². The first-order valence-electron chi connectivity index (χ1n) is 7.25. The fourth-order valence-electron chi connectivity index (χ4n) is 2.54. The van der Waals surface area contributed by atoms with E-state index in [0.29, 0.717) is 29.6 Å². The third kappa shape index (κ3) is 4.16. The molecule has 23 heavy (non-hydrogen) atoms. The lowest BCUT2D eigenvalue weighted by Gasteiger charge is -2.13. The van der Waals surface area contributed by atoms with Crippen LogP contribution < -0.4 is 10.6 Å². The number of hydrogen-bond donors (Lipinski definition) is 2. The number of benzene rings is 1. The SMILES string of the molecule is Cc1nc(Nc2cccc(F)c2)cc(NC2CCS(=O)(=O)C2)n1. The zero-order valence-electron chi connectivity index (χ0n) is 12.6. The van der Waals surface area contributed by atoms with Crippen molar-refractivity contribution in [1.82, 2.24) is 9.97 Å². The van der Waals surface area contributed by atoms with Gasteiger partial charge in [-0.2, -0.15) is 0 Å². The number of rotatable bonds is 4. The monoisotopic (exact) mass is 336 g/mol. The molecule has 6 nitrogen and oxygen atoms in total. The molecule has 1 saturated heterocycles. The van der Waals surface area contributed by atoms with Crippen molar-refractivity contribution in [3.8, 4) is 0 Å². The summed E-state index contributed by atoms with van der Waals surface area (Å²) in [5.74, 6) is 1.58. The molecule has 1 aromatic heterocycles. The van der Waals surface area contributed by atoms with Crippen LogP contribution in [0.2, 0.25) is 0 Å². The molecular formula is C15H17FN4O2S. The van der Waals surface area contributed by atoms with Crippen molar-refractivity contribution in [1.29, 1.82) is 0 Å². The third-order valence-electron chi connectivity index (χ3n) is 3.52. The van der Waals surface area contributed by atoms with Crippen LogP contribution in [0.25, 0.3) is 0 Å². The van der Waals surface area contributed by atoms with E-state index < -0.39 is 9.84 Å². The highest BCUT2D eigenvalue weighted by Crippen LogP contribution is 2.21. The number of aromatic nitrogens is 2. The Kier molecular flexibility index (Phi) is 4.16.